The van der Waals surface area contributed by atoms with Crippen molar-refractivity contribution < 1.29 is 61.3 Å². The van der Waals surface area contributed by atoms with Gasteiger partial charge in [0.2, 0.25) is 0 Å². The van der Waals surface area contributed by atoms with Gasteiger partial charge in [0, 0.05) is 0 Å². The van der Waals surface area contributed by atoms with Crippen LogP contribution in [0.1, 0.15) is 6.92 Å². The first kappa shape index (κ1) is 11.5. The van der Waals surface area contributed by atoms with E-state index in [1.165, 1.54) is 0 Å². The van der Waals surface area contributed by atoms with Crippen molar-refractivity contribution in [3.63, 3.8) is 0 Å². The van der Waals surface area contributed by atoms with Crippen molar-refractivity contribution in [2.24, 2.45) is 5.18 Å². The maximum atomic E-state index is 9.53. The fourth-order valence-corrected chi connectivity index (χ4v) is 0.0430. The molecule has 0 rings (SSSR count). The topological polar surface area (TPSA) is 69.6 Å². The first-order chi connectivity index (χ1) is 3.18. The minimum atomic E-state index is -1.44. The number of rotatable bonds is 2. The van der Waals surface area contributed by atoms with Crippen LogP contribution in [0.25, 0.3) is 0 Å². The van der Waals surface area contributed by atoms with Crippen LogP contribution >= 0.6 is 0 Å². The molecule has 0 aliphatic rings. The molecule has 0 saturated heterocycles. The van der Waals surface area contributed by atoms with Crippen LogP contribution in [0.3, 0.4) is 0 Å². The second-order valence-electron chi connectivity index (χ2n) is 1.10. The number of hydrogen-bond acceptors (Lipinski definition) is 4. The van der Waals surface area contributed by atoms with Crippen molar-refractivity contribution in [3.8, 4) is 0 Å². The fourth-order valence-electron chi connectivity index (χ4n) is 0.0430. The van der Waals surface area contributed by atoms with Gasteiger partial charge in [0.15, 0.2) is 0 Å². The molecule has 5 heteroatoms. The molecule has 4 nitrogen and oxygen atoms in total. The van der Waals surface area contributed by atoms with E-state index in [0.717, 1.165) is 6.92 Å². The number of carboxylic acid groups (broad SMARTS) is 1. The predicted octanol–water partition coefficient (Wildman–Crippen LogP) is -4.10. The molecule has 0 aromatic carbocycles. The van der Waals surface area contributed by atoms with Gasteiger partial charge in [-0.15, -0.1) is 0 Å². The summed E-state index contributed by atoms with van der Waals surface area (Å²) in [6, 6.07) is -1.22. The third-order valence-corrected chi connectivity index (χ3v) is 0.499. The summed E-state index contributed by atoms with van der Waals surface area (Å²) in [5.74, 6) is -1.44. The molecule has 0 unspecified atom stereocenters. The maximum Gasteiger partial charge on any atom is 1.00 e. The molecule has 0 saturated carbocycles. The molecule has 0 radical (unpaired) electrons. The van der Waals surface area contributed by atoms with Crippen LogP contribution in [-0.4, -0.2) is 12.0 Å². The third-order valence-electron chi connectivity index (χ3n) is 0.499. The Labute approximate surface area is 89.0 Å². The molecule has 0 aliphatic heterocycles. The molecule has 0 bridgehead atoms. The zero-order chi connectivity index (χ0) is 5.86. The predicted molar refractivity (Wildman–Crippen MR) is 20.3 cm³/mol. The Balaban J connectivity index is 0. The van der Waals surface area contributed by atoms with E-state index in [1.807, 2.05) is 0 Å². The largest absolute Gasteiger partial charge is 1.00 e. The van der Waals surface area contributed by atoms with Gasteiger partial charge in [-0.05, 0) is 6.92 Å². The maximum absolute atomic E-state index is 9.53. The van der Waals surface area contributed by atoms with Crippen molar-refractivity contribution in [3.05, 3.63) is 4.91 Å². The molecule has 8 heavy (non-hydrogen) atoms. The number of hydrogen-bond donors (Lipinski definition) is 0. The van der Waals surface area contributed by atoms with Gasteiger partial charge in [-0.2, -0.15) is 4.91 Å². The fraction of sp³-hybridized carbons (Fsp3) is 0.667. The van der Waals surface area contributed by atoms with Crippen LogP contribution in [-0.2, 0) is 4.79 Å². The van der Waals surface area contributed by atoms with Crippen LogP contribution in [0, 0.1) is 4.91 Å². The molecule has 0 heterocycles. The Morgan fingerprint density at radius 3 is 2.12 bits per heavy atom. The van der Waals surface area contributed by atoms with Crippen LogP contribution in [0.15, 0.2) is 5.18 Å². The van der Waals surface area contributed by atoms with Gasteiger partial charge in [-0.1, -0.05) is 5.18 Å². The molecule has 0 aromatic rings. The van der Waals surface area contributed by atoms with Gasteiger partial charge in [-0.3, -0.25) is 0 Å². The van der Waals surface area contributed by atoms with Gasteiger partial charge < -0.3 is 9.90 Å². The Bertz CT molecular complexity index is 94.5. The minimum Gasteiger partial charge on any atom is -0.548 e. The van der Waals surface area contributed by atoms with E-state index in [0.29, 0.717) is 0 Å². The number of nitroso groups, excluding NO2 is 1. The van der Waals surface area contributed by atoms with E-state index in [-0.39, 0.29) is 51.4 Å². The first-order valence-corrected chi connectivity index (χ1v) is 1.72. The number of nitrogens with zero attached hydrogens (tertiary/aromatic N) is 1. The van der Waals surface area contributed by atoms with Crippen molar-refractivity contribution in [1.82, 2.24) is 0 Å². The molecule has 1 atom stereocenters. The van der Waals surface area contributed by atoms with E-state index < -0.39 is 12.0 Å². The summed E-state index contributed by atoms with van der Waals surface area (Å²) in [6.45, 7) is 1.16. The van der Waals surface area contributed by atoms with Gasteiger partial charge in [-0.25, -0.2) is 0 Å². The van der Waals surface area contributed by atoms with Gasteiger partial charge >= 0.3 is 51.4 Å². The summed E-state index contributed by atoms with van der Waals surface area (Å²) >= 11 is 0. The third kappa shape index (κ3) is 4.86. The average Bonchev–Trinajstić information content (AvgIpc) is 1.65. The Kier molecular flexibility index (Phi) is 8.39. The molecule has 0 fully saturated rings. The van der Waals surface area contributed by atoms with Gasteiger partial charge in [0.1, 0.15) is 6.04 Å². The molecule has 0 aromatic heterocycles. The summed E-state index contributed by atoms with van der Waals surface area (Å²) in [6.07, 6.45) is 0. The Hall–Kier alpha value is 0.706. The normalized spacial score (nSPS) is 11.1. The molecule has 0 amide bonds. The summed E-state index contributed by atoms with van der Waals surface area (Å²) in [7, 11) is 0. The monoisotopic (exact) mass is 141 g/mol. The Morgan fingerprint density at radius 1 is 1.75 bits per heavy atom. The Morgan fingerprint density at radius 2 is 2.12 bits per heavy atom. The molecule has 40 valence electrons. The summed E-state index contributed by atoms with van der Waals surface area (Å²) in [5, 5.41) is 11.7. The standard InChI is InChI=1S/C3H5NO3.K/c1-2(4-7)3(5)6;/h2H,1H3,(H,5,6);/q;+1/p-1/t2-;/m0./s1. The van der Waals surface area contributed by atoms with Crippen molar-refractivity contribution in [2.75, 3.05) is 0 Å². The quantitative estimate of drug-likeness (QED) is 0.290. The summed E-state index contributed by atoms with van der Waals surface area (Å²) in [5.41, 5.74) is 0. The van der Waals surface area contributed by atoms with Crippen LogP contribution in [0.5, 0.6) is 0 Å². The molecule has 0 aliphatic carbocycles. The minimum absolute atomic E-state index is 0. The van der Waals surface area contributed by atoms with Crippen molar-refractivity contribution in [2.45, 2.75) is 13.0 Å². The van der Waals surface area contributed by atoms with E-state index in [4.69, 9.17) is 0 Å². The molecular weight excluding hydrogens is 137 g/mol. The van der Waals surface area contributed by atoms with E-state index in [2.05, 4.69) is 5.18 Å². The molecular formula is C3H4KNO3. The smallest absolute Gasteiger partial charge is 0.548 e. The zero-order valence-electron chi connectivity index (χ0n) is 4.75. The van der Waals surface area contributed by atoms with Crippen LogP contribution in [0.2, 0.25) is 0 Å². The number of carbonyl (C=O) groups is 1. The second-order valence-corrected chi connectivity index (χ2v) is 1.10. The zero-order valence-corrected chi connectivity index (χ0v) is 7.87. The number of carboxylic acids is 1. The van der Waals surface area contributed by atoms with Gasteiger partial charge in [0.25, 0.3) is 0 Å². The second kappa shape index (κ2) is 5.84. The SMILES string of the molecule is C[C@H](N=O)C(=O)[O-].[K+]. The van der Waals surface area contributed by atoms with Crippen LogP contribution in [0.4, 0.5) is 0 Å². The summed E-state index contributed by atoms with van der Waals surface area (Å²) in [4.78, 5) is 18.8. The number of carbonyl (C=O) groups excluding carboxylic acids is 1. The van der Waals surface area contributed by atoms with Crippen molar-refractivity contribution in [1.29, 1.82) is 0 Å². The molecule has 0 N–H and O–H groups in total. The summed E-state index contributed by atoms with van der Waals surface area (Å²) < 4.78 is 0. The number of aliphatic carboxylic acids is 1. The van der Waals surface area contributed by atoms with E-state index >= 15 is 0 Å². The first-order valence-electron chi connectivity index (χ1n) is 1.72. The van der Waals surface area contributed by atoms with Crippen LogP contribution < -0.4 is 56.5 Å². The van der Waals surface area contributed by atoms with E-state index in [9.17, 15) is 14.8 Å². The van der Waals surface area contributed by atoms with Gasteiger partial charge in [0.05, 0.1) is 5.97 Å². The molecule has 0 spiro atoms. The van der Waals surface area contributed by atoms with Crippen molar-refractivity contribution >= 4 is 5.97 Å². The van der Waals surface area contributed by atoms with E-state index in [1.54, 1.807) is 0 Å². The average molecular weight is 141 g/mol.